The molecule has 3 heterocycles. The van der Waals surface area contributed by atoms with Gasteiger partial charge in [0.05, 0.1) is 0 Å². The fraction of sp³-hybridized carbons (Fsp3) is 0. The zero-order valence-electron chi connectivity index (χ0n) is 29.9. The van der Waals surface area contributed by atoms with E-state index >= 15 is 0 Å². The van der Waals surface area contributed by atoms with Gasteiger partial charge in [0, 0.05) is 53.2 Å². The largest absolute Gasteiger partial charge is 0.455 e. The molecule has 0 fully saturated rings. The minimum Gasteiger partial charge on any atom is -0.455 e. The van der Waals surface area contributed by atoms with Crippen molar-refractivity contribution < 1.29 is 4.42 Å². The van der Waals surface area contributed by atoms with Crippen molar-refractivity contribution in [1.29, 1.82) is 0 Å². The van der Waals surface area contributed by atoms with Gasteiger partial charge in [-0.1, -0.05) is 140 Å². The van der Waals surface area contributed by atoms with E-state index in [0.717, 1.165) is 65.7 Å². The van der Waals surface area contributed by atoms with E-state index in [9.17, 15) is 0 Å². The maximum Gasteiger partial charge on any atom is 0.164 e. The van der Waals surface area contributed by atoms with Gasteiger partial charge < -0.3 is 4.42 Å². The van der Waals surface area contributed by atoms with Crippen LogP contribution in [0.5, 0.6) is 0 Å². The molecule has 0 atom stereocenters. The van der Waals surface area contributed by atoms with Crippen molar-refractivity contribution in [3.63, 3.8) is 0 Å². The van der Waals surface area contributed by atoms with Gasteiger partial charge in [0.25, 0.3) is 0 Å². The maximum atomic E-state index is 6.61. The molecular weight excluding hydrogens is 703 g/mol. The molecule has 0 aliphatic carbocycles. The summed E-state index contributed by atoms with van der Waals surface area (Å²) in [4.78, 5) is 15.6. The standard InChI is InChI=1S/C51H29N3OS/c1-3-13-32-27-34(23-21-30(32)11-1)49-52-50(35-24-22-31-12-2-4-14-33(31)28-35)54-51(53-49)40-26-25-38(36-15-5-6-16-37(36)40)43-29-42-39-17-7-9-19-44(39)55-47(42)46-41-18-8-10-20-45(41)56-48(43)46/h1-29H. The third-order valence-electron chi connectivity index (χ3n) is 11.1. The molecule has 5 heteroatoms. The van der Waals surface area contributed by atoms with Crippen molar-refractivity contribution >= 4 is 85.8 Å². The molecule has 0 saturated heterocycles. The molecule has 0 spiro atoms. The molecule has 12 aromatic rings. The highest BCUT2D eigenvalue weighted by Crippen LogP contribution is 2.48. The van der Waals surface area contributed by atoms with E-state index < -0.39 is 0 Å². The summed E-state index contributed by atoms with van der Waals surface area (Å²) in [5.74, 6) is 1.92. The highest BCUT2D eigenvalue weighted by atomic mass is 32.1. The van der Waals surface area contributed by atoms with Gasteiger partial charge in [-0.2, -0.15) is 0 Å². The number of hydrogen-bond donors (Lipinski definition) is 0. The second-order valence-corrected chi connectivity index (χ2v) is 15.4. The fourth-order valence-electron chi connectivity index (χ4n) is 8.41. The van der Waals surface area contributed by atoms with E-state index in [2.05, 4.69) is 170 Å². The quantitative estimate of drug-likeness (QED) is 0.181. The van der Waals surface area contributed by atoms with Crippen molar-refractivity contribution in [2.24, 2.45) is 0 Å². The number of nitrogens with zero attached hydrogens (tertiary/aromatic N) is 3. The van der Waals surface area contributed by atoms with Crippen LogP contribution in [0.4, 0.5) is 0 Å². The zero-order chi connectivity index (χ0) is 36.7. The van der Waals surface area contributed by atoms with E-state index in [1.807, 2.05) is 17.4 Å². The molecule has 0 aliphatic rings. The van der Waals surface area contributed by atoms with Crippen molar-refractivity contribution in [1.82, 2.24) is 15.0 Å². The summed E-state index contributed by atoms with van der Waals surface area (Å²) >= 11 is 1.82. The summed E-state index contributed by atoms with van der Waals surface area (Å²) in [7, 11) is 0. The average molecular weight is 732 g/mol. The number of aromatic nitrogens is 3. The van der Waals surface area contributed by atoms with E-state index in [1.165, 1.54) is 36.5 Å². The number of benzene rings is 9. The van der Waals surface area contributed by atoms with Gasteiger partial charge >= 0.3 is 0 Å². The number of fused-ring (bicyclic) bond motifs is 10. The first-order chi connectivity index (χ1) is 27.7. The van der Waals surface area contributed by atoms with Gasteiger partial charge in [0.15, 0.2) is 17.5 Å². The van der Waals surface area contributed by atoms with Crippen LogP contribution in [-0.2, 0) is 0 Å². The van der Waals surface area contributed by atoms with Crippen molar-refractivity contribution in [3.05, 3.63) is 176 Å². The number of para-hydroxylation sites is 1. The third kappa shape index (κ3) is 4.81. The zero-order valence-corrected chi connectivity index (χ0v) is 30.7. The maximum absolute atomic E-state index is 6.61. The minimum absolute atomic E-state index is 0.636. The van der Waals surface area contributed by atoms with Crippen LogP contribution in [0.1, 0.15) is 0 Å². The molecule has 0 amide bonds. The summed E-state index contributed by atoms with van der Waals surface area (Å²) in [5, 5.41) is 11.5. The van der Waals surface area contributed by atoms with E-state index in [1.54, 1.807) is 0 Å². The van der Waals surface area contributed by atoms with Crippen LogP contribution in [-0.4, -0.2) is 15.0 Å². The molecule has 0 bridgehead atoms. The number of hydrogen-bond acceptors (Lipinski definition) is 5. The summed E-state index contributed by atoms with van der Waals surface area (Å²) in [6, 6.07) is 62.1. The Morgan fingerprint density at radius 2 is 0.911 bits per heavy atom. The van der Waals surface area contributed by atoms with Crippen LogP contribution in [0.2, 0.25) is 0 Å². The van der Waals surface area contributed by atoms with Gasteiger partial charge in [-0.25, -0.2) is 15.0 Å². The first-order valence-corrected chi connectivity index (χ1v) is 19.6. The Labute approximate surface area is 325 Å². The van der Waals surface area contributed by atoms with Crippen molar-refractivity contribution in [3.8, 4) is 45.3 Å². The Hall–Kier alpha value is -7.21. The predicted molar refractivity (Wildman–Crippen MR) is 234 cm³/mol. The van der Waals surface area contributed by atoms with E-state index in [0.29, 0.717) is 17.5 Å². The number of rotatable bonds is 4. The SMILES string of the molecule is c1ccc2cc(-c3nc(-c4ccc5ccccc5c4)nc(-c4ccc(-c5cc6c7ccccc7oc6c6c5sc5ccccc56)c5ccccc45)n3)ccc2c1. The second kappa shape index (κ2) is 12.2. The van der Waals surface area contributed by atoms with Crippen LogP contribution in [0, 0.1) is 0 Å². The van der Waals surface area contributed by atoms with Gasteiger partial charge in [0.2, 0.25) is 0 Å². The molecule has 4 nitrogen and oxygen atoms in total. The van der Waals surface area contributed by atoms with Gasteiger partial charge in [-0.15, -0.1) is 11.3 Å². The summed E-state index contributed by atoms with van der Waals surface area (Å²) in [6.07, 6.45) is 0. The van der Waals surface area contributed by atoms with Crippen LogP contribution < -0.4 is 0 Å². The Morgan fingerprint density at radius 1 is 0.375 bits per heavy atom. The van der Waals surface area contributed by atoms with Crippen LogP contribution in [0.3, 0.4) is 0 Å². The van der Waals surface area contributed by atoms with Gasteiger partial charge in [-0.05, 0) is 74.3 Å². The second-order valence-electron chi connectivity index (χ2n) is 14.3. The molecule has 0 aliphatic heterocycles. The summed E-state index contributed by atoms with van der Waals surface area (Å²) < 4.78 is 9.07. The molecule has 0 radical (unpaired) electrons. The van der Waals surface area contributed by atoms with Crippen LogP contribution >= 0.6 is 11.3 Å². The lowest BCUT2D eigenvalue weighted by Gasteiger charge is -2.14. The molecule has 0 unspecified atom stereocenters. The molecule has 12 rings (SSSR count). The molecule has 0 N–H and O–H groups in total. The summed E-state index contributed by atoms with van der Waals surface area (Å²) in [5.41, 5.74) is 7.04. The lowest BCUT2D eigenvalue weighted by Crippen LogP contribution is -2.01. The van der Waals surface area contributed by atoms with Crippen LogP contribution in [0.15, 0.2) is 180 Å². The molecule has 56 heavy (non-hydrogen) atoms. The van der Waals surface area contributed by atoms with Gasteiger partial charge in [-0.3, -0.25) is 0 Å². The average Bonchev–Trinajstić information content (AvgIpc) is 3.84. The van der Waals surface area contributed by atoms with Crippen molar-refractivity contribution in [2.45, 2.75) is 0 Å². The first-order valence-electron chi connectivity index (χ1n) is 18.8. The first kappa shape index (κ1) is 31.2. The molecule has 0 saturated carbocycles. The highest BCUT2D eigenvalue weighted by molar-refractivity contribution is 7.26. The molecule has 260 valence electrons. The Kier molecular flexibility index (Phi) is 6.76. The number of thiophene rings is 1. The minimum atomic E-state index is 0.636. The van der Waals surface area contributed by atoms with E-state index in [4.69, 9.17) is 19.4 Å². The molecule has 9 aromatic carbocycles. The Morgan fingerprint density at radius 3 is 1.61 bits per heavy atom. The molecular formula is C51H29N3OS. The van der Waals surface area contributed by atoms with E-state index in [-0.39, 0.29) is 0 Å². The lowest BCUT2D eigenvalue weighted by molar-refractivity contribution is 0.673. The monoisotopic (exact) mass is 731 g/mol. The fourth-order valence-corrected chi connectivity index (χ4v) is 9.64. The summed E-state index contributed by atoms with van der Waals surface area (Å²) in [6.45, 7) is 0. The van der Waals surface area contributed by atoms with Crippen molar-refractivity contribution in [2.75, 3.05) is 0 Å². The lowest BCUT2D eigenvalue weighted by atomic mass is 9.92. The molecule has 3 aromatic heterocycles. The number of furan rings is 1. The topological polar surface area (TPSA) is 51.8 Å². The Bertz CT molecular complexity index is 3460. The third-order valence-corrected chi connectivity index (χ3v) is 12.3. The normalized spacial score (nSPS) is 11.9. The van der Waals surface area contributed by atoms with Crippen LogP contribution in [0.25, 0.3) is 120 Å². The predicted octanol–water partition coefficient (Wildman–Crippen LogP) is 14.3. The highest BCUT2D eigenvalue weighted by Gasteiger charge is 2.22. The Balaban J connectivity index is 1.11. The van der Waals surface area contributed by atoms with Gasteiger partial charge in [0.1, 0.15) is 11.2 Å². The smallest absolute Gasteiger partial charge is 0.164 e.